The summed E-state index contributed by atoms with van der Waals surface area (Å²) in [6, 6.07) is 0. The van der Waals surface area contributed by atoms with Crippen molar-refractivity contribution in [3.8, 4) is 0 Å². The molecule has 206 valence electrons. The van der Waals surface area contributed by atoms with Gasteiger partial charge in [-0.1, -0.05) is 26.3 Å². The fraction of sp³-hybridized carbons (Fsp3) is 0.821. The molecule has 0 bridgehead atoms. The van der Waals surface area contributed by atoms with E-state index < -0.39 is 36.4 Å². The Kier molecular flexibility index (Phi) is 9.58. The van der Waals surface area contributed by atoms with Gasteiger partial charge in [0.15, 0.2) is 5.79 Å². The van der Waals surface area contributed by atoms with Crippen molar-refractivity contribution < 1.29 is 35.0 Å². The standard InChI is InChI=1S/C28H47NO7/c1-18(31)8-10-20-11-9-19(12-14-29-20)16-35-27(4,5)17-26(2,3)13-6-7-22-23-25(33)24(32)21(15-30)28(23,34)36-22/h9,11,14,18,21-25,30-34H,6-8,10,12-13,15-17H2,1-5H3. The molecule has 0 aromatic rings. The van der Waals surface area contributed by atoms with Crippen LogP contribution in [0.4, 0.5) is 0 Å². The molecule has 8 heteroatoms. The number of hydrogen-bond donors (Lipinski definition) is 5. The van der Waals surface area contributed by atoms with Gasteiger partial charge in [-0.25, -0.2) is 0 Å². The minimum atomic E-state index is -1.63. The van der Waals surface area contributed by atoms with Gasteiger partial charge in [0.2, 0.25) is 0 Å². The third-order valence-electron chi connectivity index (χ3n) is 7.91. The maximum absolute atomic E-state index is 10.6. The molecule has 0 aromatic carbocycles. The molecular formula is C28H47NO7. The highest BCUT2D eigenvalue weighted by Crippen LogP contribution is 2.54. The van der Waals surface area contributed by atoms with Crippen molar-refractivity contribution in [2.45, 2.75) is 115 Å². The summed E-state index contributed by atoms with van der Waals surface area (Å²) in [6.45, 7) is 10.6. The molecule has 7 atom stereocenters. The Morgan fingerprint density at radius 1 is 1.19 bits per heavy atom. The maximum atomic E-state index is 10.6. The second-order valence-corrected chi connectivity index (χ2v) is 12.4. The van der Waals surface area contributed by atoms with Crippen LogP contribution in [-0.2, 0) is 9.47 Å². The lowest BCUT2D eigenvalue weighted by atomic mass is 9.76. The summed E-state index contributed by atoms with van der Waals surface area (Å²) in [4.78, 5) is 4.50. The van der Waals surface area contributed by atoms with Crippen LogP contribution in [-0.4, -0.2) is 80.8 Å². The van der Waals surface area contributed by atoms with Gasteiger partial charge in [-0.3, -0.25) is 4.99 Å². The van der Waals surface area contributed by atoms with Crippen molar-refractivity contribution in [2.24, 2.45) is 22.2 Å². The summed E-state index contributed by atoms with van der Waals surface area (Å²) in [5, 5.41) is 50.1. The Morgan fingerprint density at radius 2 is 1.92 bits per heavy atom. The lowest BCUT2D eigenvalue weighted by molar-refractivity contribution is -0.381. The molecule has 2 fully saturated rings. The van der Waals surface area contributed by atoms with E-state index >= 15 is 0 Å². The topological polar surface area (TPSA) is 132 Å². The van der Waals surface area contributed by atoms with Crippen LogP contribution in [0.3, 0.4) is 0 Å². The number of nitrogens with zero attached hydrogens (tertiary/aromatic N) is 1. The molecule has 0 spiro atoms. The minimum absolute atomic E-state index is 0.0122. The van der Waals surface area contributed by atoms with Crippen LogP contribution in [0.1, 0.15) is 79.6 Å². The molecule has 1 saturated heterocycles. The SMILES string of the molecule is CC(O)CCC1=CC=C(COC(C)(C)CC(C)(C)CCCC2OC3(O)C(CO)C(O)C(O)C23)CC=N1. The van der Waals surface area contributed by atoms with Gasteiger partial charge >= 0.3 is 0 Å². The second kappa shape index (κ2) is 11.7. The van der Waals surface area contributed by atoms with Crippen molar-refractivity contribution in [2.75, 3.05) is 13.2 Å². The van der Waals surface area contributed by atoms with Gasteiger partial charge in [0.1, 0.15) is 0 Å². The molecule has 1 saturated carbocycles. The number of ether oxygens (including phenoxy) is 2. The molecule has 3 aliphatic rings. The average molecular weight is 510 g/mol. The lowest BCUT2D eigenvalue weighted by Crippen LogP contribution is -2.62. The first-order chi connectivity index (χ1) is 16.8. The maximum Gasteiger partial charge on any atom is 0.181 e. The van der Waals surface area contributed by atoms with E-state index in [0.29, 0.717) is 19.4 Å². The predicted molar refractivity (Wildman–Crippen MR) is 138 cm³/mol. The number of aliphatic hydroxyl groups excluding tert-OH is 4. The first-order valence-corrected chi connectivity index (χ1v) is 13.4. The van der Waals surface area contributed by atoms with E-state index in [1.807, 2.05) is 12.3 Å². The van der Waals surface area contributed by atoms with E-state index in [1.165, 1.54) is 5.57 Å². The van der Waals surface area contributed by atoms with Crippen molar-refractivity contribution in [1.29, 1.82) is 0 Å². The molecule has 2 aliphatic heterocycles. The van der Waals surface area contributed by atoms with Gasteiger partial charge in [-0.15, -0.1) is 0 Å². The fourth-order valence-electron chi connectivity index (χ4n) is 6.14. The molecule has 8 nitrogen and oxygen atoms in total. The Bertz CT molecular complexity index is 834. The van der Waals surface area contributed by atoms with E-state index in [1.54, 1.807) is 6.92 Å². The van der Waals surface area contributed by atoms with Crippen LogP contribution in [0.15, 0.2) is 28.4 Å². The van der Waals surface area contributed by atoms with E-state index in [2.05, 4.69) is 38.8 Å². The third kappa shape index (κ3) is 7.04. The number of rotatable bonds is 13. The van der Waals surface area contributed by atoms with Crippen LogP contribution in [0, 0.1) is 17.3 Å². The van der Waals surface area contributed by atoms with E-state index in [-0.39, 0.29) is 23.2 Å². The Morgan fingerprint density at radius 3 is 2.58 bits per heavy atom. The smallest absolute Gasteiger partial charge is 0.181 e. The van der Waals surface area contributed by atoms with Crippen LogP contribution in [0.2, 0.25) is 0 Å². The number of aliphatic imine (C=N–C) groups is 1. The summed E-state index contributed by atoms with van der Waals surface area (Å²) in [5.41, 5.74) is 1.84. The normalized spacial score (nSPS) is 33.4. The highest BCUT2D eigenvalue weighted by molar-refractivity contribution is 5.64. The quantitative estimate of drug-likeness (QED) is 0.258. The molecule has 5 N–H and O–H groups in total. The average Bonchev–Trinajstić information content (AvgIpc) is 2.92. The molecule has 7 unspecified atom stereocenters. The van der Waals surface area contributed by atoms with Gasteiger partial charge in [0.25, 0.3) is 0 Å². The molecule has 2 heterocycles. The number of aliphatic hydroxyl groups is 5. The number of hydrogen-bond acceptors (Lipinski definition) is 8. The Labute approximate surface area is 215 Å². The first kappa shape index (κ1) is 29.4. The number of fused-ring (bicyclic) bond motifs is 1. The molecule has 0 amide bonds. The Hall–Kier alpha value is -1.13. The highest BCUT2D eigenvalue weighted by Gasteiger charge is 2.69. The third-order valence-corrected chi connectivity index (χ3v) is 7.91. The van der Waals surface area contributed by atoms with E-state index in [0.717, 1.165) is 37.8 Å². The number of allylic oxidation sites excluding steroid dienone is 3. The lowest BCUT2D eigenvalue weighted by Gasteiger charge is -2.50. The molecule has 3 rings (SSSR count). The van der Waals surface area contributed by atoms with Crippen LogP contribution in [0.5, 0.6) is 0 Å². The molecule has 36 heavy (non-hydrogen) atoms. The zero-order valence-corrected chi connectivity index (χ0v) is 22.6. The molecule has 1 aliphatic carbocycles. The van der Waals surface area contributed by atoms with Crippen LogP contribution < -0.4 is 0 Å². The van der Waals surface area contributed by atoms with E-state index in [9.17, 15) is 25.5 Å². The highest BCUT2D eigenvalue weighted by atomic mass is 16.7. The summed E-state index contributed by atoms with van der Waals surface area (Å²) >= 11 is 0. The van der Waals surface area contributed by atoms with Crippen LogP contribution >= 0.6 is 0 Å². The fourth-order valence-corrected chi connectivity index (χ4v) is 6.14. The summed E-state index contributed by atoms with van der Waals surface area (Å²) < 4.78 is 12.0. The summed E-state index contributed by atoms with van der Waals surface area (Å²) in [6.07, 6.45) is 8.64. The predicted octanol–water partition coefficient (Wildman–Crippen LogP) is 2.86. The van der Waals surface area contributed by atoms with Gasteiger partial charge < -0.3 is 35.0 Å². The summed E-state index contributed by atoms with van der Waals surface area (Å²) in [5.74, 6) is -3.07. The first-order valence-electron chi connectivity index (χ1n) is 13.4. The van der Waals surface area contributed by atoms with Crippen molar-refractivity contribution in [3.63, 3.8) is 0 Å². The zero-order chi connectivity index (χ0) is 26.7. The van der Waals surface area contributed by atoms with Crippen molar-refractivity contribution >= 4 is 6.21 Å². The molecule has 0 aromatic heterocycles. The second-order valence-electron chi connectivity index (χ2n) is 12.4. The monoisotopic (exact) mass is 509 g/mol. The van der Waals surface area contributed by atoms with Gasteiger partial charge in [-0.2, -0.15) is 0 Å². The van der Waals surface area contributed by atoms with Gasteiger partial charge in [0, 0.05) is 18.3 Å². The summed E-state index contributed by atoms with van der Waals surface area (Å²) in [7, 11) is 0. The minimum Gasteiger partial charge on any atom is -0.396 e. The zero-order valence-electron chi connectivity index (χ0n) is 22.6. The van der Waals surface area contributed by atoms with E-state index in [4.69, 9.17) is 9.47 Å². The van der Waals surface area contributed by atoms with Crippen molar-refractivity contribution in [1.82, 2.24) is 0 Å². The van der Waals surface area contributed by atoms with Crippen molar-refractivity contribution in [3.05, 3.63) is 23.4 Å². The van der Waals surface area contributed by atoms with Gasteiger partial charge in [0.05, 0.1) is 55.1 Å². The van der Waals surface area contributed by atoms with Crippen LogP contribution in [0.25, 0.3) is 0 Å². The van der Waals surface area contributed by atoms with Gasteiger partial charge in [-0.05, 0) is 69.9 Å². The Balaban J connectivity index is 1.43. The largest absolute Gasteiger partial charge is 0.396 e. The molecular weight excluding hydrogens is 462 g/mol. The molecule has 0 radical (unpaired) electrons.